The predicted octanol–water partition coefficient (Wildman–Crippen LogP) is 4.03. The fourth-order valence-corrected chi connectivity index (χ4v) is 3.82. The van der Waals surface area contributed by atoms with Crippen molar-refractivity contribution in [3.8, 4) is 16.3 Å². The number of para-hydroxylation sites is 1. The van der Waals surface area contributed by atoms with Crippen molar-refractivity contribution in [2.75, 3.05) is 11.9 Å². The van der Waals surface area contributed by atoms with Crippen LogP contribution in [0.2, 0.25) is 0 Å². The Bertz CT molecular complexity index is 1120. The first kappa shape index (κ1) is 19.8. The first-order chi connectivity index (χ1) is 14.7. The van der Waals surface area contributed by atoms with Crippen molar-refractivity contribution in [3.05, 3.63) is 77.6 Å². The van der Waals surface area contributed by atoms with Gasteiger partial charge in [0.1, 0.15) is 17.1 Å². The van der Waals surface area contributed by atoms with E-state index in [0.29, 0.717) is 18.8 Å². The average Bonchev–Trinajstić information content (AvgIpc) is 3.39. The smallest absolute Gasteiger partial charge is 0.248 e. The van der Waals surface area contributed by atoms with Crippen LogP contribution in [0.5, 0.6) is 5.75 Å². The van der Waals surface area contributed by atoms with Crippen molar-refractivity contribution in [1.29, 1.82) is 0 Å². The molecule has 2 heterocycles. The number of aromatic nitrogens is 4. The Balaban J connectivity index is 1.37. The number of nitrogens with one attached hydrogen (secondary N) is 1. The molecule has 152 valence electrons. The molecular formula is C22H21N5O2S. The summed E-state index contributed by atoms with van der Waals surface area (Å²) in [5.41, 5.74) is 2.74. The van der Waals surface area contributed by atoms with E-state index in [0.717, 1.165) is 21.9 Å². The van der Waals surface area contributed by atoms with Gasteiger partial charge in [-0.3, -0.25) is 10.1 Å². The molecule has 0 spiro atoms. The van der Waals surface area contributed by atoms with E-state index in [1.807, 2.05) is 66.9 Å². The molecule has 0 fully saturated rings. The number of anilines is 1. The minimum absolute atomic E-state index is 0.153. The molecule has 0 aliphatic rings. The molecule has 0 bridgehead atoms. The fraction of sp³-hybridized carbons (Fsp3) is 0.182. The van der Waals surface area contributed by atoms with E-state index in [-0.39, 0.29) is 18.3 Å². The number of nitrogens with zero attached hydrogens (tertiary/aromatic N) is 4. The van der Waals surface area contributed by atoms with Crippen molar-refractivity contribution >= 4 is 23.2 Å². The zero-order chi connectivity index (χ0) is 20.8. The lowest BCUT2D eigenvalue weighted by Gasteiger charge is -2.07. The van der Waals surface area contributed by atoms with Gasteiger partial charge in [-0.25, -0.2) is 14.6 Å². The van der Waals surface area contributed by atoms with Crippen LogP contribution in [0, 0.1) is 0 Å². The maximum absolute atomic E-state index is 12.4. The Kier molecular flexibility index (Phi) is 6.14. The number of carbonyl (C=O) groups is 1. The van der Waals surface area contributed by atoms with E-state index in [4.69, 9.17) is 4.74 Å². The Hall–Kier alpha value is -3.52. The second kappa shape index (κ2) is 9.32. The second-order valence-electron chi connectivity index (χ2n) is 6.55. The number of hydrogen-bond acceptors (Lipinski definition) is 6. The quantitative estimate of drug-likeness (QED) is 0.466. The lowest BCUT2D eigenvalue weighted by molar-refractivity contribution is -0.115. The van der Waals surface area contributed by atoms with Gasteiger partial charge < -0.3 is 4.74 Å². The number of rotatable bonds is 8. The molecule has 0 unspecified atom stereocenters. The normalized spacial score (nSPS) is 10.7. The molecule has 4 rings (SSSR count). The maximum Gasteiger partial charge on any atom is 0.248 e. The Labute approximate surface area is 178 Å². The molecule has 0 aliphatic heterocycles. The molecule has 0 saturated heterocycles. The summed E-state index contributed by atoms with van der Waals surface area (Å²) in [4.78, 5) is 21.2. The molecule has 2 aromatic carbocycles. The van der Waals surface area contributed by atoms with Gasteiger partial charge in [0.2, 0.25) is 11.9 Å². The molecule has 0 radical (unpaired) electrons. The molecule has 1 amide bonds. The van der Waals surface area contributed by atoms with E-state index < -0.39 is 0 Å². The molecule has 8 heteroatoms. The summed E-state index contributed by atoms with van der Waals surface area (Å²) >= 11 is 1.49. The highest BCUT2D eigenvalue weighted by molar-refractivity contribution is 7.13. The van der Waals surface area contributed by atoms with Gasteiger partial charge in [-0.15, -0.1) is 16.4 Å². The van der Waals surface area contributed by atoms with Crippen LogP contribution in [-0.4, -0.2) is 32.3 Å². The Morgan fingerprint density at radius 2 is 1.93 bits per heavy atom. The van der Waals surface area contributed by atoms with Crippen LogP contribution in [0.1, 0.15) is 18.2 Å². The highest BCUT2D eigenvalue weighted by atomic mass is 32.1. The highest BCUT2D eigenvalue weighted by Gasteiger charge is 2.13. The Morgan fingerprint density at radius 1 is 1.13 bits per heavy atom. The minimum atomic E-state index is -0.206. The van der Waals surface area contributed by atoms with Gasteiger partial charge in [-0.1, -0.05) is 42.5 Å². The van der Waals surface area contributed by atoms with Crippen LogP contribution >= 0.6 is 11.3 Å². The van der Waals surface area contributed by atoms with E-state index in [9.17, 15) is 4.79 Å². The molecule has 0 saturated carbocycles. The van der Waals surface area contributed by atoms with Crippen molar-refractivity contribution in [1.82, 2.24) is 19.7 Å². The van der Waals surface area contributed by atoms with E-state index in [1.165, 1.54) is 11.3 Å². The van der Waals surface area contributed by atoms with Gasteiger partial charge in [-0.05, 0) is 24.6 Å². The third-order valence-corrected chi connectivity index (χ3v) is 5.21. The van der Waals surface area contributed by atoms with Crippen LogP contribution in [-0.2, 0) is 17.8 Å². The van der Waals surface area contributed by atoms with E-state index >= 15 is 0 Å². The van der Waals surface area contributed by atoms with Gasteiger partial charge in [0.15, 0.2) is 0 Å². The lowest BCUT2D eigenvalue weighted by Crippen LogP contribution is -2.16. The van der Waals surface area contributed by atoms with Crippen molar-refractivity contribution in [3.63, 3.8) is 0 Å². The summed E-state index contributed by atoms with van der Waals surface area (Å²) < 4.78 is 7.37. The van der Waals surface area contributed by atoms with Gasteiger partial charge >= 0.3 is 0 Å². The first-order valence-electron chi connectivity index (χ1n) is 9.61. The predicted molar refractivity (Wildman–Crippen MR) is 117 cm³/mol. The maximum atomic E-state index is 12.4. The topological polar surface area (TPSA) is 81.9 Å². The molecule has 4 aromatic rings. The molecule has 1 N–H and O–H groups in total. The zero-order valence-corrected chi connectivity index (χ0v) is 17.3. The third kappa shape index (κ3) is 4.90. The molecule has 0 atom stereocenters. The van der Waals surface area contributed by atoms with Gasteiger partial charge in [0.25, 0.3) is 0 Å². The average molecular weight is 420 g/mol. The summed E-state index contributed by atoms with van der Waals surface area (Å²) in [6.45, 7) is 3.13. The van der Waals surface area contributed by atoms with Gasteiger partial charge in [-0.2, -0.15) is 0 Å². The second-order valence-corrected chi connectivity index (χ2v) is 7.41. The number of amides is 1. The SMILES string of the molecule is CCOc1ccccc1-c1nc(CC(=O)Nc2ncn(Cc3ccccc3)n2)cs1. The Morgan fingerprint density at radius 3 is 2.77 bits per heavy atom. The number of carbonyl (C=O) groups excluding carboxylic acids is 1. The zero-order valence-electron chi connectivity index (χ0n) is 16.5. The molecule has 2 aromatic heterocycles. The summed E-state index contributed by atoms with van der Waals surface area (Å²) in [5.74, 6) is 0.869. The van der Waals surface area contributed by atoms with Crippen LogP contribution < -0.4 is 10.1 Å². The number of ether oxygens (including phenoxy) is 1. The molecule has 30 heavy (non-hydrogen) atoms. The lowest BCUT2D eigenvalue weighted by atomic mass is 10.2. The number of hydrogen-bond donors (Lipinski definition) is 1. The number of thiazole rings is 1. The largest absolute Gasteiger partial charge is 0.493 e. The van der Waals surface area contributed by atoms with Gasteiger partial charge in [0, 0.05) is 5.38 Å². The first-order valence-corrected chi connectivity index (χ1v) is 10.5. The summed E-state index contributed by atoms with van der Waals surface area (Å²) in [7, 11) is 0. The van der Waals surface area contributed by atoms with Crippen molar-refractivity contribution in [2.45, 2.75) is 19.9 Å². The summed E-state index contributed by atoms with van der Waals surface area (Å²) in [5, 5.41) is 9.76. The van der Waals surface area contributed by atoms with Crippen LogP contribution in [0.25, 0.3) is 10.6 Å². The van der Waals surface area contributed by atoms with Crippen LogP contribution in [0.15, 0.2) is 66.3 Å². The highest BCUT2D eigenvalue weighted by Crippen LogP contribution is 2.32. The van der Waals surface area contributed by atoms with Crippen LogP contribution in [0.4, 0.5) is 5.95 Å². The summed E-state index contributed by atoms with van der Waals surface area (Å²) in [6.07, 6.45) is 1.76. The monoisotopic (exact) mass is 419 g/mol. The van der Waals surface area contributed by atoms with Crippen molar-refractivity contribution < 1.29 is 9.53 Å². The molecule has 7 nitrogen and oxygen atoms in total. The van der Waals surface area contributed by atoms with Gasteiger partial charge in [0.05, 0.1) is 30.8 Å². The third-order valence-electron chi connectivity index (χ3n) is 4.29. The fourth-order valence-electron chi connectivity index (χ4n) is 2.97. The number of benzene rings is 2. The van der Waals surface area contributed by atoms with Crippen LogP contribution in [0.3, 0.4) is 0 Å². The minimum Gasteiger partial charge on any atom is -0.493 e. The van der Waals surface area contributed by atoms with E-state index in [2.05, 4.69) is 20.4 Å². The standard InChI is InChI=1S/C22H21N5O2S/c1-2-29-19-11-7-6-10-18(19)21-24-17(14-30-21)12-20(28)25-22-23-15-27(26-22)13-16-8-4-3-5-9-16/h3-11,14-15H,2,12-13H2,1H3,(H,25,26,28). The van der Waals surface area contributed by atoms with E-state index in [1.54, 1.807) is 11.0 Å². The summed E-state index contributed by atoms with van der Waals surface area (Å²) in [6, 6.07) is 17.7. The van der Waals surface area contributed by atoms with Crippen molar-refractivity contribution in [2.24, 2.45) is 0 Å². The molecule has 0 aliphatic carbocycles. The molecular weight excluding hydrogens is 398 g/mol.